The molecule has 2 rings (SSSR count). The van der Waals surface area contributed by atoms with E-state index in [1.54, 1.807) is 31.5 Å². The highest BCUT2D eigenvalue weighted by Crippen LogP contribution is 2.38. The largest absolute Gasteiger partial charge is 0.481 e. The van der Waals surface area contributed by atoms with Crippen LogP contribution in [0.3, 0.4) is 0 Å². The number of ether oxygens (including phenoxy) is 1. The first-order valence-corrected chi connectivity index (χ1v) is 5.91. The van der Waals surface area contributed by atoms with E-state index in [2.05, 4.69) is 4.98 Å². The molecule has 0 fully saturated rings. The number of aromatic nitrogens is 1. The van der Waals surface area contributed by atoms with Crippen molar-refractivity contribution in [1.29, 1.82) is 0 Å². The van der Waals surface area contributed by atoms with E-state index in [-0.39, 0.29) is 0 Å². The molecule has 0 aliphatic heterocycles. The molecule has 0 aliphatic carbocycles. The molecule has 1 aromatic carbocycles. The van der Waals surface area contributed by atoms with Crippen molar-refractivity contribution in [1.82, 2.24) is 4.98 Å². The quantitative estimate of drug-likeness (QED) is 0.746. The minimum atomic E-state index is 0.420. The maximum absolute atomic E-state index is 6.14. The number of methoxy groups -OCH3 is 1. The Kier molecular flexibility index (Phi) is 3.77. The molecule has 2 nitrogen and oxygen atoms in total. The van der Waals surface area contributed by atoms with Gasteiger partial charge in [0.05, 0.1) is 22.2 Å². The van der Waals surface area contributed by atoms with Crippen LogP contribution in [0.1, 0.15) is 0 Å². The Labute approximate surface area is 114 Å². The average molecular weight is 289 g/mol. The zero-order valence-electron chi connectivity index (χ0n) is 8.88. The summed E-state index contributed by atoms with van der Waals surface area (Å²) in [6.45, 7) is 0. The molecular formula is C12H8Cl3NO. The lowest BCUT2D eigenvalue weighted by Gasteiger charge is -2.09. The molecule has 0 amide bonds. The molecule has 2 aromatic rings. The Morgan fingerprint density at radius 3 is 2.41 bits per heavy atom. The highest BCUT2D eigenvalue weighted by molar-refractivity contribution is 6.44. The number of hydrogen-bond donors (Lipinski definition) is 0. The number of nitrogens with zero attached hydrogens (tertiary/aromatic N) is 1. The summed E-state index contributed by atoms with van der Waals surface area (Å²) in [5, 5.41) is 1.37. The van der Waals surface area contributed by atoms with Crippen LogP contribution in [0.15, 0.2) is 30.5 Å². The highest BCUT2D eigenvalue weighted by Gasteiger charge is 2.12. The maximum atomic E-state index is 6.14. The van der Waals surface area contributed by atoms with Crippen LogP contribution in [0.2, 0.25) is 15.1 Å². The van der Waals surface area contributed by atoms with Crippen molar-refractivity contribution in [3.05, 3.63) is 45.5 Å². The van der Waals surface area contributed by atoms with Gasteiger partial charge in [0.2, 0.25) is 5.88 Å². The molecule has 0 radical (unpaired) electrons. The SMILES string of the molecule is COc1ncccc1-c1cc(Cl)c(Cl)cc1Cl. The van der Waals surface area contributed by atoms with Crippen molar-refractivity contribution in [2.45, 2.75) is 0 Å². The lowest BCUT2D eigenvalue weighted by Crippen LogP contribution is -1.91. The van der Waals surface area contributed by atoms with Gasteiger partial charge in [0, 0.05) is 17.3 Å². The summed E-state index contributed by atoms with van der Waals surface area (Å²) >= 11 is 18.0. The van der Waals surface area contributed by atoms with Gasteiger partial charge < -0.3 is 4.74 Å². The summed E-state index contributed by atoms with van der Waals surface area (Å²) in [5.74, 6) is 0.493. The molecule has 0 bridgehead atoms. The van der Waals surface area contributed by atoms with Gasteiger partial charge in [0.15, 0.2) is 0 Å². The Hall–Kier alpha value is -0.960. The third-order valence-corrected chi connectivity index (χ3v) is 3.30. The number of hydrogen-bond acceptors (Lipinski definition) is 2. The first-order chi connectivity index (χ1) is 8.13. The fraction of sp³-hybridized carbons (Fsp3) is 0.0833. The van der Waals surface area contributed by atoms with Crippen LogP contribution in [0.5, 0.6) is 5.88 Å². The second-order valence-corrected chi connectivity index (χ2v) is 4.53. The van der Waals surface area contributed by atoms with Gasteiger partial charge in [-0.1, -0.05) is 34.8 Å². The van der Waals surface area contributed by atoms with E-state index >= 15 is 0 Å². The maximum Gasteiger partial charge on any atom is 0.221 e. The fourth-order valence-electron chi connectivity index (χ4n) is 1.49. The summed E-state index contributed by atoms with van der Waals surface area (Å²) in [6, 6.07) is 6.97. The van der Waals surface area contributed by atoms with E-state index in [1.165, 1.54) is 0 Å². The van der Waals surface area contributed by atoms with Crippen molar-refractivity contribution in [2.75, 3.05) is 7.11 Å². The lowest BCUT2D eigenvalue weighted by atomic mass is 10.1. The third-order valence-electron chi connectivity index (χ3n) is 2.26. The van der Waals surface area contributed by atoms with E-state index in [1.807, 2.05) is 6.07 Å². The smallest absolute Gasteiger partial charge is 0.221 e. The van der Waals surface area contributed by atoms with E-state index in [0.717, 1.165) is 11.1 Å². The Balaban J connectivity index is 2.64. The van der Waals surface area contributed by atoms with Gasteiger partial charge in [-0.25, -0.2) is 4.98 Å². The predicted molar refractivity (Wildman–Crippen MR) is 71.3 cm³/mol. The van der Waals surface area contributed by atoms with E-state index in [9.17, 15) is 0 Å². The van der Waals surface area contributed by atoms with Gasteiger partial charge in [-0.2, -0.15) is 0 Å². The topological polar surface area (TPSA) is 22.1 Å². The number of pyridine rings is 1. The van der Waals surface area contributed by atoms with Gasteiger partial charge >= 0.3 is 0 Å². The van der Waals surface area contributed by atoms with E-state index in [0.29, 0.717) is 20.9 Å². The molecule has 0 unspecified atom stereocenters. The van der Waals surface area contributed by atoms with E-state index < -0.39 is 0 Å². The fourth-order valence-corrected chi connectivity index (χ4v) is 2.14. The molecule has 0 N–H and O–H groups in total. The van der Waals surface area contributed by atoms with Crippen LogP contribution >= 0.6 is 34.8 Å². The van der Waals surface area contributed by atoms with E-state index in [4.69, 9.17) is 39.5 Å². The van der Waals surface area contributed by atoms with Crippen LogP contribution in [-0.2, 0) is 0 Å². The van der Waals surface area contributed by atoms with Crippen molar-refractivity contribution in [3.8, 4) is 17.0 Å². The number of halogens is 3. The molecule has 5 heteroatoms. The molecule has 0 aliphatic rings. The summed E-state index contributed by atoms with van der Waals surface area (Å²) in [6.07, 6.45) is 1.65. The van der Waals surface area contributed by atoms with Gasteiger partial charge in [0.25, 0.3) is 0 Å². The Morgan fingerprint density at radius 1 is 1.00 bits per heavy atom. The second kappa shape index (κ2) is 5.13. The van der Waals surface area contributed by atoms with Gasteiger partial charge in [-0.3, -0.25) is 0 Å². The predicted octanol–water partition coefficient (Wildman–Crippen LogP) is 4.72. The van der Waals surface area contributed by atoms with Gasteiger partial charge in [-0.15, -0.1) is 0 Å². The molecular weight excluding hydrogens is 280 g/mol. The summed E-state index contributed by atoms with van der Waals surface area (Å²) < 4.78 is 5.18. The molecule has 1 aromatic heterocycles. The summed E-state index contributed by atoms with van der Waals surface area (Å²) in [5.41, 5.74) is 1.52. The van der Waals surface area contributed by atoms with Crippen molar-refractivity contribution in [2.24, 2.45) is 0 Å². The Bertz CT molecular complexity index is 557. The molecule has 0 saturated heterocycles. The minimum Gasteiger partial charge on any atom is -0.481 e. The highest BCUT2D eigenvalue weighted by atomic mass is 35.5. The van der Waals surface area contributed by atoms with Crippen LogP contribution in [-0.4, -0.2) is 12.1 Å². The van der Waals surface area contributed by atoms with Crippen LogP contribution in [0.25, 0.3) is 11.1 Å². The van der Waals surface area contributed by atoms with Crippen molar-refractivity contribution >= 4 is 34.8 Å². The monoisotopic (exact) mass is 287 g/mol. The lowest BCUT2D eigenvalue weighted by molar-refractivity contribution is 0.399. The molecule has 17 heavy (non-hydrogen) atoms. The molecule has 88 valence electrons. The zero-order chi connectivity index (χ0) is 12.4. The van der Waals surface area contributed by atoms with Crippen molar-refractivity contribution in [3.63, 3.8) is 0 Å². The van der Waals surface area contributed by atoms with Gasteiger partial charge in [0.1, 0.15) is 0 Å². The molecule has 0 atom stereocenters. The number of rotatable bonds is 2. The van der Waals surface area contributed by atoms with Gasteiger partial charge in [-0.05, 0) is 24.3 Å². The van der Waals surface area contributed by atoms with Crippen LogP contribution in [0.4, 0.5) is 0 Å². The molecule has 0 saturated carbocycles. The average Bonchev–Trinajstić information content (AvgIpc) is 2.34. The Morgan fingerprint density at radius 2 is 1.71 bits per heavy atom. The summed E-state index contributed by atoms with van der Waals surface area (Å²) in [7, 11) is 1.55. The first-order valence-electron chi connectivity index (χ1n) is 4.77. The molecule has 1 heterocycles. The standard InChI is InChI=1S/C12H8Cl3NO/c1-17-12-7(3-2-4-16-12)8-5-10(14)11(15)6-9(8)13/h2-6H,1H3. The van der Waals surface area contributed by atoms with Crippen LogP contribution < -0.4 is 4.74 Å². The van der Waals surface area contributed by atoms with Crippen LogP contribution in [0, 0.1) is 0 Å². The molecule has 0 spiro atoms. The van der Waals surface area contributed by atoms with Crippen molar-refractivity contribution < 1.29 is 4.74 Å². The third kappa shape index (κ3) is 2.49. The summed E-state index contributed by atoms with van der Waals surface area (Å²) in [4.78, 5) is 4.11. The second-order valence-electron chi connectivity index (χ2n) is 3.31. The zero-order valence-corrected chi connectivity index (χ0v) is 11.1. The number of benzene rings is 1. The minimum absolute atomic E-state index is 0.420. The first kappa shape index (κ1) is 12.5. The normalized spacial score (nSPS) is 10.4.